The molecule has 2 saturated heterocycles. The second-order valence-electron chi connectivity index (χ2n) is 5.64. The first-order valence-corrected chi connectivity index (χ1v) is 7.26. The Hall–Kier alpha value is -1.10. The Morgan fingerprint density at radius 2 is 2.21 bits per heavy atom. The summed E-state index contributed by atoms with van der Waals surface area (Å²) in [5.74, 6) is 0.199. The number of carbonyl (C=O) groups is 2. The van der Waals surface area contributed by atoms with Crippen molar-refractivity contribution in [3.05, 3.63) is 0 Å². The zero-order chi connectivity index (χ0) is 14.0. The van der Waals surface area contributed by atoms with Gasteiger partial charge < -0.3 is 15.0 Å². The summed E-state index contributed by atoms with van der Waals surface area (Å²) in [6.45, 7) is 7.27. The molecule has 0 radical (unpaired) electrons. The molecule has 0 aromatic rings. The molecule has 1 N–H and O–H groups in total. The lowest BCUT2D eigenvalue weighted by atomic mass is 9.97. The number of nitrogens with zero attached hydrogens (tertiary/aromatic N) is 1. The van der Waals surface area contributed by atoms with Gasteiger partial charge in [-0.1, -0.05) is 20.3 Å². The molecule has 4 unspecified atom stereocenters. The van der Waals surface area contributed by atoms with Crippen molar-refractivity contribution in [2.24, 2.45) is 5.92 Å². The Morgan fingerprint density at radius 3 is 2.79 bits per heavy atom. The summed E-state index contributed by atoms with van der Waals surface area (Å²) >= 11 is 0. The standard InChI is InChI=1S/C14H24N2O3/c1-4-9(2)13-14(18)16(7-5-12(17)15-13)11-6-8-19-10(11)3/h9-11,13H,4-8H2,1-3H3,(H,15,17). The van der Waals surface area contributed by atoms with Crippen molar-refractivity contribution in [1.82, 2.24) is 10.2 Å². The van der Waals surface area contributed by atoms with E-state index in [0.717, 1.165) is 12.8 Å². The quantitative estimate of drug-likeness (QED) is 0.828. The zero-order valence-corrected chi connectivity index (χ0v) is 12.0. The smallest absolute Gasteiger partial charge is 0.245 e. The van der Waals surface area contributed by atoms with Gasteiger partial charge in [0.2, 0.25) is 11.8 Å². The fourth-order valence-electron chi connectivity index (χ4n) is 2.90. The van der Waals surface area contributed by atoms with E-state index in [2.05, 4.69) is 5.32 Å². The Morgan fingerprint density at radius 1 is 1.47 bits per heavy atom. The van der Waals surface area contributed by atoms with Crippen molar-refractivity contribution in [2.45, 2.75) is 58.2 Å². The third-order valence-corrected chi connectivity index (χ3v) is 4.39. The predicted octanol–water partition coefficient (Wildman–Crippen LogP) is 0.927. The highest BCUT2D eigenvalue weighted by Gasteiger charge is 2.39. The third-order valence-electron chi connectivity index (χ3n) is 4.39. The second kappa shape index (κ2) is 5.90. The van der Waals surface area contributed by atoms with E-state index in [1.54, 1.807) is 0 Å². The Kier molecular flexibility index (Phi) is 4.45. The summed E-state index contributed by atoms with van der Waals surface area (Å²) < 4.78 is 5.56. The molecule has 5 nitrogen and oxygen atoms in total. The number of nitrogens with one attached hydrogen (secondary N) is 1. The average molecular weight is 268 g/mol. The van der Waals surface area contributed by atoms with Crippen LogP contribution in [0.1, 0.15) is 40.0 Å². The highest BCUT2D eigenvalue weighted by molar-refractivity contribution is 5.90. The van der Waals surface area contributed by atoms with Gasteiger partial charge in [0, 0.05) is 19.6 Å². The van der Waals surface area contributed by atoms with Crippen LogP contribution >= 0.6 is 0 Å². The van der Waals surface area contributed by atoms with Crippen molar-refractivity contribution in [2.75, 3.05) is 13.2 Å². The first-order valence-electron chi connectivity index (χ1n) is 7.26. The molecule has 0 spiro atoms. The van der Waals surface area contributed by atoms with Gasteiger partial charge in [0.1, 0.15) is 6.04 Å². The Balaban J connectivity index is 2.18. The number of ether oxygens (including phenoxy) is 1. The number of hydrogen-bond donors (Lipinski definition) is 1. The lowest BCUT2D eigenvalue weighted by Crippen LogP contribution is -2.52. The van der Waals surface area contributed by atoms with E-state index in [-0.39, 0.29) is 35.9 Å². The molecule has 0 aromatic heterocycles. The minimum Gasteiger partial charge on any atom is -0.376 e. The lowest BCUT2D eigenvalue weighted by Gasteiger charge is -2.32. The van der Waals surface area contributed by atoms with Crippen molar-refractivity contribution in [3.8, 4) is 0 Å². The molecule has 2 heterocycles. The van der Waals surface area contributed by atoms with Gasteiger partial charge in [-0.2, -0.15) is 0 Å². The first kappa shape index (κ1) is 14.3. The van der Waals surface area contributed by atoms with Gasteiger partial charge >= 0.3 is 0 Å². The summed E-state index contributed by atoms with van der Waals surface area (Å²) in [7, 11) is 0. The number of carbonyl (C=O) groups excluding carboxylic acids is 2. The molecule has 0 bridgehead atoms. The molecule has 2 amide bonds. The summed E-state index contributed by atoms with van der Waals surface area (Å²) in [5.41, 5.74) is 0. The fourth-order valence-corrected chi connectivity index (χ4v) is 2.90. The normalized spacial score (nSPS) is 34.1. The van der Waals surface area contributed by atoms with Crippen LogP contribution in [-0.2, 0) is 14.3 Å². The molecule has 2 aliphatic heterocycles. The third kappa shape index (κ3) is 2.91. The second-order valence-corrected chi connectivity index (χ2v) is 5.64. The minimum atomic E-state index is -0.382. The first-order chi connectivity index (χ1) is 9.04. The number of hydrogen-bond acceptors (Lipinski definition) is 3. The van der Waals surface area contributed by atoms with Gasteiger partial charge in [0.15, 0.2) is 0 Å². The van der Waals surface area contributed by atoms with Crippen LogP contribution in [0.5, 0.6) is 0 Å². The van der Waals surface area contributed by atoms with Crippen LogP contribution in [-0.4, -0.2) is 48.1 Å². The molecule has 2 rings (SSSR count). The molecule has 2 aliphatic rings. The van der Waals surface area contributed by atoms with E-state index in [9.17, 15) is 9.59 Å². The van der Waals surface area contributed by atoms with Gasteiger partial charge in [-0.15, -0.1) is 0 Å². The molecule has 4 atom stereocenters. The highest BCUT2D eigenvalue weighted by Crippen LogP contribution is 2.23. The van der Waals surface area contributed by atoms with Crippen LogP contribution in [0, 0.1) is 5.92 Å². The van der Waals surface area contributed by atoms with Crippen molar-refractivity contribution in [1.29, 1.82) is 0 Å². The molecule has 19 heavy (non-hydrogen) atoms. The molecule has 0 aromatic carbocycles. The van der Waals surface area contributed by atoms with Gasteiger partial charge in [-0.05, 0) is 19.3 Å². The Labute approximate surface area is 114 Å². The van der Waals surface area contributed by atoms with Crippen molar-refractivity contribution in [3.63, 3.8) is 0 Å². The summed E-state index contributed by atoms with van der Waals surface area (Å²) in [5, 5.41) is 2.88. The summed E-state index contributed by atoms with van der Waals surface area (Å²) in [6, 6.07) is -0.264. The summed E-state index contributed by atoms with van der Waals surface area (Å²) in [6.07, 6.45) is 2.20. The fraction of sp³-hybridized carbons (Fsp3) is 0.857. The Bertz CT molecular complexity index is 359. The van der Waals surface area contributed by atoms with Gasteiger partial charge in [-0.3, -0.25) is 9.59 Å². The maximum Gasteiger partial charge on any atom is 0.245 e. The predicted molar refractivity (Wildman–Crippen MR) is 71.5 cm³/mol. The van der Waals surface area contributed by atoms with Crippen LogP contribution in [0.15, 0.2) is 0 Å². The van der Waals surface area contributed by atoms with E-state index in [4.69, 9.17) is 4.74 Å². The summed E-state index contributed by atoms with van der Waals surface area (Å²) in [4.78, 5) is 26.3. The SMILES string of the molecule is CCC(C)C1NC(=O)CCN(C2CCOC2C)C1=O. The molecular formula is C14H24N2O3. The van der Waals surface area contributed by atoms with E-state index >= 15 is 0 Å². The number of rotatable bonds is 3. The lowest BCUT2D eigenvalue weighted by molar-refractivity contribution is -0.137. The van der Waals surface area contributed by atoms with Crippen LogP contribution in [0.4, 0.5) is 0 Å². The zero-order valence-electron chi connectivity index (χ0n) is 12.0. The average Bonchev–Trinajstić information content (AvgIpc) is 2.75. The molecule has 2 fully saturated rings. The van der Waals surface area contributed by atoms with Crippen LogP contribution < -0.4 is 5.32 Å². The molecule has 108 valence electrons. The largest absolute Gasteiger partial charge is 0.376 e. The molecular weight excluding hydrogens is 244 g/mol. The molecule has 0 saturated carbocycles. The van der Waals surface area contributed by atoms with Crippen molar-refractivity contribution < 1.29 is 14.3 Å². The van der Waals surface area contributed by atoms with Crippen LogP contribution in [0.2, 0.25) is 0 Å². The topological polar surface area (TPSA) is 58.6 Å². The van der Waals surface area contributed by atoms with Gasteiger partial charge in [0.25, 0.3) is 0 Å². The maximum absolute atomic E-state index is 12.7. The van der Waals surface area contributed by atoms with Gasteiger partial charge in [0.05, 0.1) is 12.1 Å². The van der Waals surface area contributed by atoms with Crippen LogP contribution in [0.25, 0.3) is 0 Å². The molecule has 5 heteroatoms. The minimum absolute atomic E-state index is 0.0206. The highest BCUT2D eigenvalue weighted by atomic mass is 16.5. The van der Waals surface area contributed by atoms with E-state index < -0.39 is 0 Å². The van der Waals surface area contributed by atoms with Crippen LogP contribution in [0.3, 0.4) is 0 Å². The van der Waals surface area contributed by atoms with E-state index in [1.165, 1.54) is 0 Å². The molecule has 0 aliphatic carbocycles. The van der Waals surface area contributed by atoms with Crippen molar-refractivity contribution >= 4 is 11.8 Å². The van der Waals surface area contributed by atoms with E-state index in [0.29, 0.717) is 19.6 Å². The van der Waals surface area contributed by atoms with E-state index in [1.807, 2.05) is 25.7 Å². The monoisotopic (exact) mass is 268 g/mol. The number of amides is 2. The van der Waals surface area contributed by atoms with Gasteiger partial charge in [-0.25, -0.2) is 0 Å². The maximum atomic E-state index is 12.7.